The van der Waals surface area contributed by atoms with E-state index in [0.717, 1.165) is 5.56 Å². The fourth-order valence-corrected chi connectivity index (χ4v) is 1.94. The van der Waals surface area contributed by atoms with Crippen molar-refractivity contribution in [2.24, 2.45) is 0 Å². The number of carbonyl (C=O) groups excluding carboxylic acids is 1. The van der Waals surface area contributed by atoms with Crippen LogP contribution in [0.15, 0.2) is 18.3 Å². The number of aromatic nitrogens is 3. The normalized spacial score (nSPS) is 10.5. The Morgan fingerprint density at radius 2 is 2.24 bits per heavy atom. The molecule has 21 heavy (non-hydrogen) atoms. The van der Waals surface area contributed by atoms with Crippen molar-refractivity contribution >= 4 is 17.6 Å². The molecule has 2 heterocycles. The highest BCUT2D eigenvalue weighted by Crippen LogP contribution is 2.27. The zero-order valence-electron chi connectivity index (χ0n) is 12.6. The van der Waals surface area contributed by atoms with E-state index in [-0.39, 0.29) is 11.4 Å². The number of pyridine rings is 1. The Bertz CT molecular complexity index is 665. The smallest absolute Gasteiger partial charge is 0.345 e. The van der Waals surface area contributed by atoms with Crippen LogP contribution in [0.4, 0.5) is 11.6 Å². The minimum Gasteiger partial charge on any atom is -0.465 e. The number of esters is 1. The number of nitrogens with zero attached hydrogens (tertiary/aromatic N) is 4. The molecule has 0 unspecified atom stereocenters. The second kappa shape index (κ2) is 5.82. The van der Waals surface area contributed by atoms with Gasteiger partial charge in [-0.15, -0.1) is 5.10 Å². The number of hydrogen-bond donors (Lipinski definition) is 1. The first-order chi connectivity index (χ1) is 9.99. The molecule has 0 atom stereocenters. The van der Waals surface area contributed by atoms with Crippen LogP contribution < -0.4 is 10.6 Å². The highest BCUT2D eigenvalue weighted by Gasteiger charge is 2.25. The molecular formula is C14H19N5O2. The predicted octanol–water partition coefficient (Wildman–Crippen LogP) is 1.40. The largest absolute Gasteiger partial charge is 0.465 e. The number of anilines is 2. The molecule has 0 saturated carbocycles. The first-order valence-electron chi connectivity index (χ1n) is 6.60. The van der Waals surface area contributed by atoms with Gasteiger partial charge < -0.3 is 15.4 Å². The number of nitrogen functional groups attached to an aromatic ring is 1. The maximum absolute atomic E-state index is 12.0. The summed E-state index contributed by atoms with van der Waals surface area (Å²) in [6.45, 7) is 4.59. The molecule has 0 aliphatic carbocycles. The third-order valence-electron chi connectivity index (χ3n) is 3.25. The van der Waals surface area contributed by atoms with Crippen LogP contribution in [0.25, 0.3) is 5.82 Å². The summed E-state index contributed by atoms with van der Waals surface area (Å²) in [5.74, 6) is 0.746. The van der Waals surface area contributed by atoms with E-state index in [1.165, 1.54) is 11.8 Å². The van der Waals surface area contributed by atoms with E-state index >= 15 is 0 Å². The second-order valence-corrected chi connectivity index (χ2v) is 4.69. The van der Waals surface area contributed by atoms with E-state index in [1.54, 1.807) is 6.20 Å². The molecule has 0 saturated heterocycles. The van der Waals surface area contributed by atoms with Crippen molar-refractivity contribution in [1.29, 1.82) is 0 Å². The van der Waals surface area contributed by atoms with Crippen molar-refractivity contribution in [1.82, 2.24) is 14.8 Å². The van der Waals surface area contributed by atoms with Gasteiger partial charge in [0.15, 0.2) is 11.6 Å². The third kappa shape index (κ3) is 2.67. The standard InChI is InChI=1S/C14H19N5O2/c1-5-18(3)13-11(14(20)21-4)12(15)19(17-13)10-8-9(2)6-7-16-10/h6-8H,5,15H2,1-4H3. The number of aryl methyl sites for hydroxylation is 1. The second-order valence-electron chi connectivity index (χ2n) is 4.69. The molecule has 2 aromatic heterocycles. The summed E-state index contributed by atoms with van der Waals surface area (Å²) in [6, 6.07) is 3.73. The Morgan fingerprint density at radius 3 is 2.81 bits per heavy atom. The Morgan fingerprint density at radius 1 is 1.52 bits per heavy atom. The molecule has 2 rings (SSSR count). The number of methoxy groups -OCH3 is 1. The van der Waals surface area contributed by atoms with Crippen molar-refractivity contribution in [2.75, 3.05) is 31.3 Å². The molecule has 7 nitrogen and oxygen atoms in total. The lowest BCUT2D eigenvalue weighted by Gasteiger charge is -2.14. The van der Waals surface area contributed by atoms with Gasteiger partial charge in [0.05, 0.1) is 7.11 Å². The average Bonchev–Trinajstić information content (AvgIpc) is 2.83. The summed E-state index contributed by atoms with van der Waals surface area (Å²) in [5, 5.41) is 4.42. The summed E-state index contributed by atoms with van der Waals surface area (Å²) in [4.78, 5) is 18.1. The minimum atomic E-state index is -0.512. The van der Waals surface area contributed by atoms with Gasteiger partial charge in [-0.3, -0.25) is 0 Å². The fraction of sp³-hybridized carbons (Fsp3) is 0.357. The van der Waals surface area contributed by atoms with E-state index in [2.05, 4.69) is 10.1 Å². The van der Waals surface area contributed by atoms with Gasteiger partial charge in [-0.1, -0.05) is 0 Å². The van der Waals surface area contributed by atoms with Gasteiger partial charge in [-0.05, 0) is 31.5 Å². The van der Waals surface area contributed by atoms with Crippen LogP contribution in [0, 0.1) is 6.92 Å². The zero-order chi connectivity index (χ0) is 15.6. The molecule has 0 spiro atoms. The molecule has 2 aromatic rings. The third-order valence-corrected chi connectivity index (χ3v) is 3.25. The van der Waals surface area contributed by atoms with Crippen LogP contribution in [0.1, 0.15) is 22.8 Å². The molecule has 0 aliphatic rings. The van der Waals surface area contributed by atoms with Crippen LogP contribution in [0.5, 0.6) is 0 Å². The first-order valence-corrected chi connectivity index (χ1v) is 6.60. The van der Waals surface area contributed by atoms with E-state index in [1.807, 2.05) is 37.9 Å². The molecule has 2 N–H and O–H groups in total. The summed E-state index contributed by atoms with van der Waals surface area (Å²) >= 11 is 0. The Hall–Kier alpha value is -2.57. The van der Waals surface area contributed by atoms with E-state index < -0.39 is 5.97 Å². The number of rotatable bonds is 4. The van der Waals surface area contributed by atoms with Crippen LogP contribution in [-0.2, 0) is 4.74 Å². The zero-order valence-corrected chi connectivity index (χ0v) is 12.6. The number of hydrogen-bond acceptors (Lipinski definition) is 6. The number of ether oxygens (including phenoxy) is 1. The summed E-state index contributed by atoms with van der Waals surface area (Å²) < 4.78 is 6.27. The molecule has 0 amide bonds. The molecule has 0 aliphatic heterocycles. The maximum atomic E-state index is 12.0. The van der Waals surface area contributed by atoms with E-state index in [4.69, 9.17) is 10.5 Å². The predicted molar refractivity (Wildman–Crippen MR) is 80.8 cm³/mol. The average molecular weight is 289 g/mol. The van der Waals surface area contributed by atoms with Crippen LogP contribution in [0.3, 0.4) is 0 Å². The minimum absolute atomic E-state index is 0.218. The van der Waals surface area contributed by atoms with Gasteiger partial charge in [-0.2, -0.15) is 4.68 Å². The monoisotopic (exact) mass is 289 g/mol. The van der Waals surface area contributed by atoms with Crippen LogP contribution in [0.2, 0.25) is 0 Å². The summed E-state index contributed by atoms with van der Waals surface area (Å²) in [5.41, 5.74) is 7.37. The van der Waals surface area contributed by atoms with Crippen molar-refractivity contribution < 1.29 is 9.53 Å². The van der Waals surface area contributed by atoms with Gasteiger partial charge in [0.1, 0.15) is 11.4 Å². The van der Waals surface area contributed by atoms with Gasteiger partial charge in [0.25, 0.3) is 0 Å². The first kappa shape index (κ1) is 14.8. The van der Waals surface area contributed by atoms with Gasteiger partial charge in [0, 0.05) is 19.8 Å². The quantitative estimate of drug-likeness (QED) is 0.856. The molecule has 0 radical (unpaired) electrons. The van der Waals surface area contributed by atoms with Gasteiger partial charge in [0.2, 0.25) is 0 Å². The van der Waals surface area contributed by atoms with Crippen LogP contribution in [-0.4, -0.2) is 41.4 Å². The highest BCUT2D eigenvalue weighted by atomic mass is 16.5. The Balaban J connectivity index is 2.63. The van der Waals surface area contributed by atoms with Crippen LogP contribution >= 0.6 is 0 Å². The topological polar surface area (TPSA) is 86.3 Å². The van der Waals surface area contributed by atoms with Gasteiger partial charge >= 0.3 is 5.97 Å². The maximum Gasteiger partial charge on any atom is 0.345 e. The van der Waals surface area contributed by atoms with Crippen molar-refractivity contribution in [3.63, 3.8) is 0 Å². The summed E-state index contributed by atoms with van der Waals surface area (Å²) in [6.07, 6.45) is 1.67. The van der Waals surface area contributed by atoms with E-state index in [9.17, 15) is 4.79 Å². The van der Waals surface area contributed by atoms with Crippen molar-refractivity contribution in [3.05, 3.63) is 29.5 Å². The Labute approximate surface area is 123 Å². The van der Waals surface area contributed by atoms with Crippen molar-refractivity contribution in [2.45, 2.75) is 13.8 Å². The lowest BCUT2D eigenvalue weighted by Crippen LogP contribution is -2.19. The highest BCUT2D eigenvalue weighted by molar-refractivity contribution is 6.00. The SMILES string of the molecule is CCN(C)c1nn(-c2cc(C)ccn2)c(N)c1C(=O)OC. The fourth-order valence-electron chi connectivity index (χ4n) is 1.94. The van der Waals surface area contributed by atoms with E-state index in [0.29, 0.717) is 18.2 Å². The lowest BCUT2D eigenvalue weighted by molar-refractivity contribution is 0.0602. The molecule has 7 heteroatoms. The number of carbonyl (C=O) groups is 1. The lowest BCUT2D eigenvalue weighted by atomic mass is 10.2. The molecule has 0 fully saturated rings. The molecule has 112 valence electrons. The Kier molecular flexibility index (Phi) is 4.11. The number of nitrogens with two attached hydrogens (primary N) is 1. The molecule has 0 aromatic carbocycles. The molecule has 0 bridgehead atoms. The van der Waals surface area contributed by atoms with Gasteiger partial charge in [-0.25, -0.2) is 9.78 Å². The molecular weight excluding hydrogens is 270 g/mol. The van der Waals surface area contributed by atoms with Crippen molar-refractivity contribution in [3.8, 4) is 5.82 Å². The summed E-state index contributed by atoms with van der Waals surface area (Å²) in [7, 11) is 3.15.